The van der Waals surface area contributed by atoms with Crippen LogP contribution in [-0.4, -0.2) is 17.5 Å². The maximum Gasteiger partial charge on any atom is 0.307 e. The van der Waals surface area contributed by atoms with E-state index in [1.54, 1.807) is 18.2 Å². The van der Waals surface area contributed by atoms with Crippen molar-refractivity contribution in [1.82, 2.24) is 0 Å². The number of carbonyl (C=O) groups is 2. The Balaban J connectivity index is 2.24. The van der Waals surface area contributed by atoms with Gasteiger partial charge in [-0.05, 0) is 28.8 Å². The van der Waals surface area contributed by atoms with E-state index in [1.807, 2.05) is 30.3 Å². The molecule has 0 unspecified atom stereocenters. The van der Waals surface area contributed by atoms with E-state index in [4.69, 9.17) is 5.11 Å². The van der Waals surface area contributed by atoms with Crippen LogP contribution < -0.4 is 5.32 Å². The Morgan fingerprint density at radius 2 is 1.84 bits per heavy atom. The number of hydrogen-bond donors (Lipinski definition) is 2. The summed E-state index contributed by atoms with van der Waals surface area (Å²) < 4.78 is 0. The molecular weight excluding hydrogens is 242 g/mol. The molecule has 1 amide bonds. The van der Waals surface area contributed by atoms with E-state index >= 15 is 0 Å². The Morgan fingerprint density at radius 1 is 1.11 bits per heavy atom. The Hall–Kier alpha value is -2.62. The number of carboxylic acids is 1. The van der Waals surface area contributed by atoms with Gasteiger partial charge in [0.25, 0.3) is 0 Å². The van der Waals surface area contributed by atoms with Crippen molar-refractivity contribution in [2.24, 2.45) is 0 Å². The zero-order valence-electron chi connectivity index (χ0n) is 10.2. The number of aliphatic carboxylic acids is 1. The normalized spacial score (nSPS) is 9.89. The van der Waals surface area contributed by atoms with Crippen LogP contribution in [0.15, 0.2) is 48.5 Å². The van der Waals surface area contributed by atoms with E-state index in [0.29, 0.717) is 6.41 Å². The first-order valence-electron chi connectivity index (χ1n) is 5.80. The lowest BCUT2D eigenvalue weighted by atomic mass is 10.0. The fourth-order valence-electron chi connectivity index (χ4n) is 1.85. The lowest BCUT2D eigenvalue weighted by Gasteiger charge is -2.05. The number of amides is 1. The SMILES string of the molecule is O=CNc1cccc(-c2ccc(CC(=O)O)cc2)c1. The van der Waals surface area contributed by atoms with Crippen LogP contribution >= 0.6 is 0 Å². The van der Waals surface area contributed by atoms with Crippen LogP contribution in [0.25, 0.3) is 11.1 Å². The van der Waals surface area contributed by atoms with Gasteiger partial charge in [-0.2, -0.15) is 0 Å². The zero-order valence-corrected chi connectivity index (χ0v) is 10.2. The summed E-state index contributed by atoms with van der Waals surface area (Å²) in [6.07, 6.45) is 0.655. The molecule has 0 aromatic heterocycles. The first-order chi connectivity index (χ1) is 9.19. The number of nitrogens with one attached hydrogen (secondary N) is 1. The van der Waals surface area contributed by atoms with Crippen molar-refractivity contribution < 1.29 is 14.7 Å². The first-order valence-corrected chi connectivity index (χ1v) is 5.80. The van der Waals surface area contributed by atoms with E-state index in [2.05, 4.69) is 5.32 Å². The van der Waals surface area contributed by atoms with Gasteiger partial charge in [0.1, 0.15) is 0 Å². The van der Waals surface area contributed by atoms with Crippen LogP contribution in [0, 0.1) is 0 Å². The fourth-order valence-corrected chi connectivity index (χ4v) is 1.85. The Kier molecular flexibility index (Phi) is 3.93. The highest BCUT2D eigenvalue weighted by Gasteiger charge is 2.02. The van der Waals surface area contributed by atoms with Gasteiger partial charge in [-0.1, -0.05) is 36.4 Å². The van der Waals surface area contributed by atoms with Crippen LogP contribution in [0.2, 0.25) is 0 Å². The van der Waals surface area contributed by atoms with Crippen LogP contribution in [0.5, 0.6) is 0 Å². The van der Waals surface area contributed by atoms with Gasteiger partial charge in [-0.25, -0.2) is 0 Å². The minimum absolute atomic E-state index is 0.0209. The lowest BCUT2D eigenvalue weighted by Crippen LogP contribution is -1.99. The molecule has 0 saturated heterocycles. The zero-order chi connectivity index (χ0) is 13.7. The van der Waals surface area contributed by atoms with Gasteiger partial charge in [0.15, 0.2) is 0 Å². The number of hydrogen-bond acceptors (Lipinski definition) is 2. The Morgan fingerprint density at radius 3 is 2.47 bits per heavy atom. The molecule has 0 fully saturated rings. The van der Waals surface area contributed by atoms with Crippen LogP contribution in [-0.2, 0) is 16.0 Å². The average Bonchev–Trinajstić information content (AvgIpc) is 2.40. The molecule has 2 N–H and O–H groups in total. The number of carbonyl (C=O) groups excluding carboxylic acids is 1. The predicted octanol–water partition coefficient (Wildman–Crippen LogP) is 2.55. The van der Waals surface area contributed by atoms with Crippen molar-refractivity contribution in [3.8, 4) is 11.1 Å². The summed E-state index contributed by atoms with van der Waals surface area (Å²) in [6.45, 7) is 0. The summed E-state index contributed by atoms with van der Waals surface area (Å²) in [4.78, 5) is 21.0. The molecule has 0 aliphatic heterocycles. The lowest BCUT2D eigenvalue weighted by molar-refractivity contribution is -0.136. The average molecular weight is 255 g/mol. The Bertz CT molecular complexity index is 591. The summed E-state index contributed by atoms with van der Waals surface area (Å²) in [5.74, 6) is -0.843. The van der Waals surface area contributed by atoms with E-state index in [-0.39, 0.29) is 6.42 Å². The van der Waals surface area contributed by atoms with Crippen molar-refractivity contribution in [2.75, 3.05) is 5.32 Å². The molecule has 19 heavy (non-hydrogen) atoms. The second-order valence-corrected chi connectivity index (χ2v) is 4.11. The molecule has 0 atom stereocenters. The minimum atomic E-state index is -0.843. The summed E-state index contributed by atoms with van der Waals surface area (Å²) in [7, 11) is 0. The molecule has 0 heterocycles. The molecule has 96 valence electrons. The highest BCUT2D eigenvalue weighted by molar-refractivity contribution is 5.76. The van der Waals surface area contributed by atoms with Crippen molar-refractivity contribution in [2.45, 2.75) is 6.42 Å². The number of benzene rings is 2. The topological polar surface area (TPSA) is 66.4 Å². The van der Waals surface area contributed by atoms with E-state index in [9.17, 15) is 9.59 Å². The van der Waals surface area contributed by atoms with Crippen molar-refractivity contribution in [3.05, 3.63) is 54.1 Å². The third kappa shape index (κ3) is 3.42. The van der Waals surface area contributed by atoms with Crippen molar-refractivity contribution in [1.29, 1.82) is 0 Å². The van der Waals surface area contributed by atoms with E-state index < -0.39 is 5.97 Å². The van der Waals surface area contributed by atoms with Gasteiger partial charge in [0.2, 0.25) is 6.41 Å². The molecule has 0 bridgehead atoms. The molecule has 0 spiro atoms. The highest BCUT2D eigenvalue weighted by Crippen LogP contribution is 2.23. The van der Waals surface area contributed by atoms with Crippen molar-refractivity contribution >= 4 is 18.1 Å². The summed E-state index contributed by atoms with van der Waals surface area (Å²) in [5, 5.41) is 11.3. The van der Waals surface area contributed by atoms with Crippen molar-refractivity contribution in [3.63, 3.8) is 0 Å². The molecule has 0 saturated carbocycles. The number of carboxylic acid groups (broad SMARTS) is 1. The predicted molar refractivity (Wildman–Crippen MR) is 72.9 cm³/mol. The molecule has 0 radical (unpaired) electrons. The largest absolute Gasteiger partial charge is 0.481 e. The van der Waals surface area contributed by atoms with Crippen LogP contribution in [0.4, 0.5) is 5.69 Å². The fraction of sp³-hybridized carbons (Fsp3) is 0.0667. The minimum Gasteiger partial charge on any atom is -0.481 e. The molecule has 4 nitrogen and oxygen atoms in total. The molecule has 0 aliphatic carbocycles. The molecule has 2 aromatic rings. The van der Waals surface area contributed by atoms with Gasteiger partial charge >= 0.3 is 5.97 Å². The second-order valence-electron chi connectivity index (χ2n) is 4.11. The summed E-state index contributed by atoms with van der Waals surface area (Å²) in [6, 6.07) is 14.8. The van der Waals surface area contributed by atoms with Gasteiger partial charge in [-0.3, -0.25) is 9.59 Å². The standard InChI is InChI=1S/C15H13NO3/c17-10-16-14-3-1-2-13(9-14)12-6-4-11(5-7-12)8-15(18)19/h1-7,9-10H,8H2,(H,16,17)(H,18,19). The van der Waals surface area contributed by atoms with Crippen LogP contribution in [0.3, 0.4) is 0 Å². The van der Waals surface area contributed by atoms with E-state index in [1.165, 1.54) is 0 Å². The molecule has 2 rings (SSSR count). The maximum absolute atomic E-state index is 10.6. The first kappa shape index (κ1) is 12.8. The molecule has 4 heteroatoms. The van der Waals surface area contributed by atoms with Crippen LogP contribution in [0.1, 0.15) is 5.56 Å². The molecular formula is C15H13NO3. The third-order valence-corrected chi connectivity index (χ3v) is 2.73. The van der Waals surface area contributed by atoms with Gasteiger partial charge in [0.05, 0.1) is 6.42 Å². The molecule has 0 aliphatic rings. The summed E-state index contributed by atoms with van der Waals surface area (Å²) >= 11 is 0. The second kappa shape index (κ2) is 5.82. The quantitative estimate of drug-likeness (QED) is 0.807. The Labute approximate surface area is 110 Å². The highest BCUT2D eigenvalue weighted by atomic mass is 16.4. The monoisotopic (exact) mass is 255 g/mol. The maximum atomic E-state index is 10.6. The number of rotatable bonds is 5. The molecule has 2 aromatic carbocycles. The third-order valence-electron chi connectivity index (χ3n) is 2.73. The van der Waals surface area contributed by atoms with Gasteiger partial charge in [0, 0.05) is 5.69 Å². The van der Waals surface area contributed by atoms with E-state index in [0.717, 1.165) is 22.4 Å². The smallest absolute Gasteiger partial charge is 0.307 e. The summed E-state index contributed by atoms with van der Waals surface area (Å²) in [5.41, 5.74) is 3.43. The van der Waals surface area contributed by atoms with Gasteiger partial charge < -0.3 is 10.4 Å². The van der Waals surface area contributed by atoms with Gasteiger partial charge in [-0.15, -0.1) is 0 Å². The number of anilines is 1.